The summed E-state index contributed by atoms with van der Waals surface area (Å²) in [5, 5.41) is 0. The van der Waals surface area contributed by atoms with Crippen molar-refractivity contribution in [2.75, 3.05) is 0 Å². The quantitative estimate of drug-likeness (QED) is 0.155. The molecule has 0 spiro atoms. The van der Waals surface area contributed by atoms with Crippen LogP contribution in [0.25, 0.3) is 0 Å². The minimum absolute atomic E-state index is 1.00. The molecule has 0 nitrogen and oxygen atoms in total. The maximum Gasteiger partial charge on any atom is 0.219 e. The van der Waals surface area contributed by atoms with Gasteiger partial charge in [0.15, 0.2) is 0 Å². The van der Waals surface area contributed by atoms with Crippen molar-refractivity contribution in [1.82, 2.24) is 0 Å². The summed E-state index contributed by atoms with van der Waals surface area (Å²) in [6, 6.07) is 3.02. The van der Waals surface area contributed by atoms with E-state index in [0.29, 0.717) is 0 Å². The van der Waals surface area contributed by atoms with Gasteiger partial charge in [-0.05, 0) is 12.1 Å². The van der Waals surface area contributed by atoms with Crippen LogP contribution in [0.5, 0.6) is 0 Å². The van der Waals surface area contributed by atoms with Crippen molar-refractivity contribution in [3.63, 3.8) is 0 Å². The predicted molar refractivity (Wildman–Crippen MR) is 132 cm³/mol. The third kappa shape index (κ3) is 5.73. The zero-order chi connectivity index (χ0) is 12.3. The van der Waals surface area contributed by atoms with Crippen molar-refractivity contribution in [2.24, 2.45) is 0 Å². The summed E-state index contributed by atoms with van der Waals surface area (Å²) in [5.74, 6) is 0. The number of hydrogen-bond donors (Lipinski definition) is 0. The first kappa shape index (κ1) is 20.0. The van der Waals surface area contributed by atoms with Gasteiger partial charge in [0, 0.05) is 0 Å². The van der Waals surface area contributed by atoms with Gasteiger partial charge in [0.25, 0.3) is 0 Å². The maximum atomic E-state index is 2.93. The summed E-state index contributed by atoms with van der Waals surface area (Å²) in [4.78, 5) is 0. The largest absolute Gasteiger partial charge is 0.219 e. The summed E-state index contributed by atoms with van der Waals surface area (Å²) in [6.45, 7) is 4.69. The molecule has 15 heavy (non-hydrogen) atoms. The Kier molecular flexibility index (Phi) is 11.3. The summed E-state index contributed by atoms with van der Waals surface area (Å²) in [7, 11) is 0. The van der Waals surface area contributed by atoms with Crippen molar-refractivity contribution < 1.29 is 0 Å². The molecule has 0 heterocycles. The van der Waals surface area contributed by atoms with E-state index in [4.69, 9.17) is 0 Å². The molecule has 9 heteroatoms. The lowest BCUT2D eigenvalue weighted by Gasteiger charge is -2.38. The third-order valence-electron chi connectivity index (χ3n) is 2.05. The number of rotatable bonds is 6. The second-order valence-electron chi connectivity index (χ2n) is 3.48. The Hall–Kier alpha value is 5.03. The maximum absolute atomic E-state index is 2.93. The van der Waals surface area contributed by atoms with Crippen LogP contribution in [0.1, 0.15) is 26.7 Å². The highest BCUT2D eigenvalue weighted by Crippen LogP contribution is 2.55. The molecule has 0 bridgehead atoms. The van der Waals surface area contributed by atoms with Crippen LogP contribution >= 0.6 is 131 Å². The average molecular weight is 932 g/mol. The Morgan fingerprint density at radius 2 is 0.933 bits per heavy atom. The molecule has 0 N–H and O–H groups in total. The molecule has 0 radical (unpaired) electrons. The first-order valence-electron chi connectivity index (χ1n) is 4.76. The number of hydrogen-bond acceptors (Lipinski definition) is 0. The van der Waals surface area contributed by atoms with Crippen LogP contribution in [0, 0.1) is 0 Å². The second-order valence-corrected chi connectivity index (χ2v) is 94.4. The minimum Gasteiger partial charge on any atom is -0.108 e. The highest BCUT2D eigenvalue weighted by molar-refractivity contribution is 14.3. The van der Waals surface area contributed by atoms with Crippen LogP contribution in [0.3, 0.4) is 0 Å². The van der Waals surface area contributed by atoms with Crippen molar-refractivity contribution in [3.05, 3.63) is 0 Å². The summed E-state index contributed by atoms with van der Waals surface area (Å²) < 4.78 is -3.05. The van der Waals surface area contributed by atoms with Gasteiger partial charge < -0.3 is 0 Å². The van der Waals surface area contributed by atoms with E-state index in [2.05, 4.69) is 145 Å². The van der Waals surface area contributed by atoms with Crippen LogP contribution in [0.4, 0.5) is 0 Å². The lowest BCUT2D eigenvalue weighted by Crippen LogP contribution is -2.59. The van der Waals surface area contributed by atoms with Gasteiger partial charge in [-0.15, -0.1) is 131 Å². The summed E-state index contributed by atoms with van der Waals surface area (Å²) in [5.41, 5.74) is 0. The molecule has 0 aliphatic heterocycles. The van der Waals surface area contributed by atoms with Gasteiger partial charge >= 0.3 is 0 Å². The van der Waals surface area contributed by atoms with Crippen LogP contribution in [0.2, 0.25) is 12.1 Å². The van der Waals surface area contributed by atoms with Gasteiger partial charge in [-0.3, -0.25) is 0 Å². The minimum atomic E-state index is -1.04. The average Bonchev–Trinajstić information content (AvgIpc) is 2.03. The zero-order valence-corrected chi connectivity index (χ0v) is 24.5. The van der Waals surface area contributed by atoms with Crippen molar-refractivity contribution in [3.8, 4) is 0 Å². The van der Waals surface area contributed by atoms with Gasteiger partial charge in [0.05, 0.1) is 0 Å². The van der Waals surface area contributed by atoms with Gasteiger partial charge in [0.1, 0.15) is 0 Å². The second kappa shape index (κ2) is 8.47. The third-order valence-corrected chi connectivity index (χ3v) is 182. The fourth-order valence-corrected chi connectivity index (χ4v) is 137. The molecule has 0 rings (SSSR count). The normalized spacial score (nSPS) is 14.4. The van der Waals surface area contributed by atoms with Crippen molar-refractivity contribution in [1.29, 1.82) is 0 Å². The lowest BCUT2D eigenvalue weighted by molar-refractivity contribution is 1.08. The standard InChI is InChI=1S/C6H14I6Si3/c1-3-5-13(7,8)15(11,12)14(9,10)6-4-2/h3-6H2,1-2H3. The summed E-state index contributed by atoms with van der Waals surface area (Å²) in [6.07, 6.45) is 2.76. The van der Waals surface area contributed by atoms with E-state index in [-0.39, 0.29) is 0 Å². The Morgan fingerprint density at radius 3 is 1.13 bits per heavy atom. The van der Waals surface area contributed by atoms with E-state index >= 15 is 0 Å². The Bertz CT molecular complexity index is 187. The lowest BCUT2D eigenvalue weighted by atomic mass is 10.6. The van der Waals surface area contributed by atoms with Crippen LogP contribution in [-0.2, 0) is 0 Å². The molecular weight excluding hydrogens is 918 g/mol. The van der Waals surface area contributed by atoms with E-state index in [1.807, 2.05) is 0 Å². The Labute approximate surface area is 172 Å². The molecule has 0 aliphatic carbocycles. The van der Waals surface area contributed by atoms with E-state index in [0.717, 1.165) is 0 Å². The fraction of sp³-hybridized carbons (Fsp3) is 1.00. The molecule has 0 aromatic rings. The SMILES string of the molecule is CCC[Si](I)(I)[Si](I)(I)[Si](I)(I)CCC. The van der Waals surface area contributed by atoms with E-state index in [9.17, 15) is 0 Å². The van der Waals surface area contributed by atoms with E-state index in [1.165, 1.54) is 24.9 Å². The molecule has 0 aromatic carbocycles. The topological polar surface area (TPSA) is 0 Å². The van der Waals surface area contributed by atoms with Crippen LogP contribution < -0.4 is 0 Å². The molecular formula is C6H14I6Si3. The summed E-state index contributed by atoms with van der Waals surface area (Å²) >= 11 is 17.4. The molecule has 0 amide bonds. The molecule has 0 aromatic heterocycles. The molecule has 0 fully saturated rings. The van der Waals surface area contributed by atoms with Crippen molar-refractivity contribution in [2.45, 2.75) is 38.8 Å². The molecule has 0 atom stereocenters. The fourth-order valence-electron chi connectivity index (χ4n) is 1.21. The van der Waals surface area contributed by atoms with E-state index < -0.39 is 7.27 Å². The highest BCUT2D eigenvalue weighted by atomic mass is 127. The first-order valence-corrected chi connectivity index (χ1v) is 31.9. The highest BCUT2D eigenvalue weighted by Gasteiger charge is 2.61. The number of halogens is 6. The van der Waals surface area contributed by atoms with Crippen LogP contribution in [-0.4, -0.2) is 7.27 Å². The van der Waals surface area contributed by atoms with Gasteiger partial charge in [-0.1, -0.05) is 26.7 Å². The monoisotopic (exact) mass is 931 g/mol. The molecule has 0 unspecified atom stereocenters. The molecule has 0 saturated carbocycles. The Balaban J connectivity index is 4.93. The van der Waals surface area contributed by atoms with Gasteiger partial charge in [0.2, 0.25) is 7.27 Å². The van der Waals surface area contributed by atoms with E-state index in [1.54, 1.807) is 0 Å². The van der Waals surface area contributed by atoms with Crippen molar-refractivity contribution >= 4 is 138 Å². The van der Waals surface area contributed by atoms with Gasteiger partial charge in [-0.2, -0.15) is 0 Å². The van der Waals surface area contributed by atoms with Crippen LogP contribution in [0.15, 0.2) is 0 Å². The van der Waals surface area contributed by atoms with Gasteiger partial charge in [-0.25, -0.2) is 0 Å². The zero-order valence-electron chi connectivity index (χ0n) is 8.60. The smallest absolute Gasteiger partial charge is 0.108 e. The Morgan fingerprint density at radius 1 is 0.667 bits per heavy atom. The molecule has 92 valence electrons. The molecule has 0 saturated heterocycles. The molecule has 0 aliphatic rings. The first-order chi connectivity index (χ1) is 6.62. The predicted octanol–water partition coefficient (Wildman–Crippen LogP) is 6.90.